The molecule has 2 aromatic carbocycles. The van der Waals surface area contributed by atoms with Crippen molar-refractivity contribution in [2.75, 3.05) is 13.2 Å². The van der Waals surface area contributed by atoms with Crippen LogP contribution in [0, 0.1) is 17.5 Å². The highest BCUT2D eigenvalue weighted by molar-refractivity contribution is 6.18. The summed E-state index contributed by atoms with van der Waals surface area (Å²) in [6.45, 7) is 1.82. The number of H-pyrrole nitrogens is 1. The van der Waals surface area contributed by atoms with Gasteiger partial charge in [-0.05, 0) is 55.3 Å². The summed E-state index contributed by atoms with van der Waals surface area (Å²) < 4.78 is 46.6. The van der Waals surface area contributed by atoms with Crippen LogP contribution in [0.1, 0.15) is 28.5 Å². The van der Waals surface area contributed by atoms with Crippen molar-refractivity contribution in [3.63, 3.8) is 0 Å². The van der Waals surface area contributed by atoms with E-state index in [1.807, 2.05) is 0 Å². The first kappa shape index (κ1) is 19.8. The molecule has 0 atom stereocenters. The van der Waals surface area contributed by atoms with E-state index in [2.05, 4.69) is 4.98 Å². The molecule has 0 aliphatic carbocycles. The Morgan fingerprint density at radius 2 is 1.83 bits per heavy atom. The Morgan fingerprint density at radius 3 is 2.60 bits per heavy atom. The Kier molecular flexibility index (Phi) is 5.07. The molecule has 0 fully saturated rings. The van der Waals surface area contributed by atoms with Gasteiger partial charge >= 0.3 is 5.97 Å². The minimum Gasteiger partial charge on any atom is -0.462 e. The Bertz CT molecular complexity index is 1200. The second-order valence-electron chi connectivity index (χ2n) is 6.80. The van der Waals surface area contributed by atoms with Gasteiger partial charge in [0.05, 0.1) is 23.4 Å². The highest BCUT2D eigenvalue weighted by atomic mass is 19.1. The fraction of sp³-hybridized carbons (Fsp3) is 0.182. The van der Waals surface area contributed by atoms with E-state index in [0.29, 0.717) is 22.2 Å². The molecule has 3 aromatic rings. The number of halogens is 3. The van der Waals surface area contributed by atoms with E-state index in [0.717, 1.165) is 23.1 Å². The highest BCUT2D eigenvalue weighted by Crippen LogP contribution is 2.32. The first-order chi connectivity index (χ1) is 14.4. The lowest BCUT2D eigenvalue weighted by atomic mass is 10.0. The molecular weight excluding hydrogens is 397 g/mol. The summed E-state index contributed by atoms with van der Waals surface area (Å²) >= 11 is 0. The number of ether oxygens (including phenoxy) is 1. The van der Waals surface area contributed by atoms with Gasteiger partial charge in [-0.3, -0.25) is 4.79 Å². The maximum absolute atomic E-state index is 14.1. The summed E-state index contributed by atoms with van der Waals surface area (Å²) in [6, 6.07) is 6.80. The Morgan fingerprint density at radius 1 is 1.10 bits per heavy atom. The zero-order valence-electron chi connectivity index (χ0n) is 16.0. The number of rotatable bonds is 3. The molecule has 0 unspecified atom stereocenters. The second-order valence-corrected chi connectivity index (χ2v) is 6.80. The lowest BCUT2D eigenvalue weighted by molar-refractivity contribution is -0.136. The van der Waals surface area contributed by atoms with E-state index in [1.54, 1.807) is 13.0 Å². The van der Waals surface area contributed by atoms with Gasteiger partial charge in [0, 0.05) is 23.6 Å². The van der Waals surface area contributed by atoms with Crippen molar-refractivity contribution in [2.24, 2.45) is 0 Å². The van der Waals surface area contributed by atoms with E-state index < -0.39 is 34.9 Å². The number of nitrogens with one attached hydrogen (secondary N) is 1. The van der Waals surface area contributed by atoms with Crippen molar-refractivity contribution in [3.05, 3.63) is 76.9 Å². The van der Waals surface area contributed by atoms with Gasteiger partial charge in [-0.15, -0.1) is 0 Å². The summed E-state index contributed by atoms with van der Waals surface area (Å²) in [5.74, 6) is -3.55. The standard InChI is InChI=1S/C22H17F3N2O3/c1-2-30-22(29)17-11-27(21(28)16-10-12(23)3-5-18(16)25)8-7-14-15-9-13(24)4-6-19(15)26-20(14)17/h3-6,9-11,26H,2,7-8H2,1H3. The molecule has 0 saturated carbocycles. The molecule has 154 valence electrons. The highest BCUT2D eigenvalue weighted by Gasteiger charge is 2.28. The lowest BCUT2D eigenvalue weighted by Crippen LogP contribution is -2.29. The van der Waals surface area contributed by atoms with Crippen LogP contribution in [0.3, 0.4) is 0 Å². The molecular formula is C22H17F3N2O3. The molecule has 30 heavy (non-hydrogen) atoms. The molecule has 2 heterocycles. The molecule has 8 heteroatoms. The topological polar surface area (TPSA) is 62.4 Å². The zero-order chi connectivity index (χ0) is 21.4. The SMILES string of the molecule is CCOC(=O)C1=CN(C(=O)c2cc(F)ccc2F)CCc2c1[nH]c1ccc(F)cc21. The largest absolute Gasteiger partial charge is 0.462 e. The van der Waals surface area contributed by atoms with E-state index in [1.165, 1.54) is 18.3 Å². The van der Waals surface area contributed by atoms with Crippen molar-refractivity contribution in [2.45, 2.75) is 13.3 Å². The average Bonchev–Trinajstić information content (AvgIpc) is 2.95. The molecule has 0 spiro atoms. The number of benzene rings is 2. The minimum absolute atomic E-state index is 0.0473. The summed E-state index contributed by atoms with van der Waals surface area (Å²) in [4.78, 5) is 29.7. The maximum atomic E-state index is 14.1. The third-order valence-electron chi connectivity index (χ3n) is 4.94. The molecule has 0 bridgehead atoms. The van der Waals surface area contributed by atoms with E-state index in [9.17, 15) is 22.8 Å². The molecule has 1 amide bonds. The summed E-state index contributed by atoms with van der Waals surface area (Å²) in [5.41, 5.74) is 1.28. The summed E-state index contributed by atoms with van der Waals surface area (Å²) in [7, 11) is 0. The third kappa shape index (κ3) is 3.45. The smallest absolute Gasteiger partial charge is 0.341 e. The average molecular weight is 414 g/mol. The van der Waals surface area contributed by atoms with E-state index in [-0.39, 0.29) is 25.1 Å². The predicted molar refractivity (Wildman–Crippen MR) is 104 cm³/mol. The van der Waals surface area contributed by atoms with Crippen molar-refractivity contribution in [1.82, 2.24) is 9.88 Å². The van der Waals surface area contributed by atoms with E-state index in [4.69, 9.17) is 4.74 Å². The zero-order valence-corrected chi connectivity index (χ0v) is 16.0. The van der Waals surface area contributed by atoms with Crippen LogP contribution in [0.4, 0.5) is 13.2 Å². The summed E-state index contributed by atoms with van der Waals surface area (Å²) in [5, 5.41) is 0.575. The first-order valence-electron chi connectivity index (χ1n) is 9.34. The van der Waals surface area contributed by atoms with Crippen LogP contribution in [-0.2, 0) is 16.0 Å². The molecule has 1 aromatic heterocycles. The Labute approximate surface area is 169 Å². The van der Waals surface area contributed by atoms with Crippen LogP contribution < -0.4 is 0 Å². The maximum Gasteiger partial charge on any atom is 0.341 e. The molecule has 4 rings (SSSR count). The molecule has 1 aliphatic rings. The molecule has 1 N–H and O–H groups in total. The number of aromatic amines is 1. The summed E-state index contributed by atoms with van der Waals surface area (Å²) in [6.07, 6.45) is 1.53. The van der Waals surface area contributed by atoms with Crippen molar-refractivity contribution < 1.29 is 27.5 Å². The van der Waals surface area contributed by atoms with Gasteiger partial charge in [-0.25, -0.2) is 18.0 Å². The van der Waals surface area contributed by atoms with Crippen LogP contribution in [0.2, 0.25) is 0 Å². The van der Waals surface area contributed by atoms with Gasteiger partial charge in [0.25, 0.3) is 5.91 Å². The molecule has 0 radical (unpaired) electrons. The van der Waals surface area contributed by atoms with Crippen LogP contribution in [0.15, 0.2) is 42.6 Å². The van der Waals surface area contributed by atoms with Gasteiger partial charge in [0.15, 0.2) is 0 Å². The predicted octanol–water partition coefficient (Wildman–Crippen LogP) is 4.19. The lowest BCUT2D eigenvalue weighted by Gasteiger charge is -2.18. The van der Waals surface area contributed by atoms with Crippen molar-refractivity contribution in [3.8, 4) is 0 Å². The van der Waals surface area contributed by atoms with E-state index >= 15 is 0 Å². The second kappa shape index (κ2) is 7.70. The number of esters is 1. The number of hydrogen-bond acceptors (Lipinski definition) is 3. The molecule has 0 saturated heterocycles. The van der Waals surface area contributed by atoms with Crippen LogP contribution in [0.5, 0.6) is 0 Å². The van der Waals surface area contributed by atoms with Gasteiger partial charge in [-0.2, -0.15) is 0 Å². The van der Waals surface area contributed by atoms with Crippen LogP contribution in [0.25, 0.3) is 16.5 Å². The van der Waals surface area contributed by atoms with Crippen molar-refractivity contribution in [1.29, 1.82) is 0 Å². The number of nitrogens with zero attached hydrogens (tertiary/aromatic N) is 1. The Hall–Kier alpha value is -3.55. The quantitative estimate of drug-likeness (QED) is 0.654. The van der Waals surface area contributed by atoms with Crippen molar-refractivity contribution >= 4 is 28.4 Å². The number of carbonyl (C=O) groups is 2. The monoisotopic (exact) mass is 414 g/mol. The fourth-order valence-electron chi connectivity index (χ4n) is 3.57. The molecule has 1 aliphatic heterocycles. The van der Waals surface area contributed by atoms with Gasteiger partial charge in [0.1, 0.15) is 17.5 Å². The minimum atomic E-state index is -0.872. The fourth-order valence-corrected chi connectivity index (χ4v) is 3.57. The van der Waals surface area contributed by atoms with Crippen LogP contribution >= 0.6 is 0 Å². The van der Waals surface area contributed by atoms with Crippen LogP contribution in [-0.4, -0.2) is 34.9 Å². The number of fused-ring (bicyclic) bond motifs is 3. The first-order valence-corrected chi connectivity index (χ1v) is 9.34. The number of aromatic nitrogens is 1. The third-order valence-corrected chi connectivity index (χ3v) is 4.94. The van der Waals surface area contributed by atoms with Gasteiger partial charge in [0.2, 0.25) is 0 Å². The van der Waals surface area contributed by atoms with Gasteiger partial charge in [-0.1, -0.05) is 0 Å². The molecule has 5 nitrogen and oxygen atoms in total. The number of carbonyl (C=O) groups excluding carboxylic acids is 2. The van der Waals surface area contributed by atoms with Gasteiger partial charge < -0.3 is 14.6 Å². The normalized spacial score (nSPS) is 13.6. The number of amides is 1. The Balaban J connectivity index is 1.83. The number of hydrogen-bond donors (Lipinski definition) is 1.